The lowest BCUT2D eigenvalue weighted by Crippen LogP contribution is -2.43. The Morgan fingerprint density at radius 3 is 2.75 bits per heavy atom. The van der Waals surface area contributed by atoms with Crippen molar-refractivity contribution in [2.45, 2.75) is 56.9 Å². The van der Waals surface area contributed by atoms with Crippen molar-refractivity contribution < 1.29 is 4.79 Å². The lowest BCUT2D eigenvalue weighted by Gasteiger charge is -2.35. The molecule has 0 spiro atoms. The van der Waals surface area contributed by atoms with Gasteiger partial charge in [-0.2, -0.15) is 0 Å². The molecule has 3 heteroatoms. The normalized spacial score (nSPS) is 19.1. The van der Waals surface area contributed by atoms with Crippen LogP contribution in [-0.2, 0) is 4.79 Å². The quantitative estimate of drug-likeness (QED) is 0.755. The molecule has 0 N–H and O–H groups in total. The second-order valence-corrected chi connectivity index (χ2v) is 6.72. The van der Waals surface area contributed by atoms with Crippen LogP contribution in [0.15, 0.2) is 29.2 Å². The highest BCUT2D eigenvalue weighted by Crippen LogP contribution is 2.23. The van der Waals surface area contributed by atoms with Crippen molar-refractivity contribution in [1.29, 1.82) is 0 Å². The first-order valence-electron chi connectivity index (χ1n) is 7.69. The summed E-state index contributed by atoms with van der Waals surface area (Å²) in [6.07, 6.45) is 5.40. The molecule has 2 rings (SSSR count). The van der Waals surface area contributed by atoms with Crippen LogP contribution in [0.4, 0.5) is 0 Å². The Hall–Kier alpha value is -0.960. The predicted octanol–water partition coefficient (Wildman–Crippen LogP) is 4.27. The summed E-state index contributed by atoms with van der Waals surface area (Å²) < 4.78 is 0. The van der Waals surface area contributed by atoms with E-state index in [4.69, 9.17) is 0 Å². The number of benzene rings is 1. The van der Waals surface area contributed by atoms with Gasteiger partial charge in [0.25, 0.3) is 0 Å². The molecule has 1 atom stereocenters. The van der Waals surface area contributed by atoms with E-state index in [1.165, 1.54) is 29.7 Å². The van der Waals surface area contributed by atoms with Crippen molar-refractivity contribution in [1.82, 2.24) is 4.90 Å². The molecule has 2 nitrogen and oxygen atoms in total. The molecule has 1 aromatic carbocycles. The van der Waals surface area contributed by atoms with Gasteiger partial charge in [0.2, 0.25) is 5.91 Å². The zero-order valence-corrected chi connectivity index (χ0v) is 13.4. The van der Waals surface area contributed by atoms with E-state index in [0.29, 0.717) is 18.4 Å². The zero-order chi connectivity index (χ0) is 14.4. The van der Waals surface area contributed by atoms with E-state index in [9.17, 15) is 4.79 Å². The molecule has 0 unspecified atom stereocenters. The molecule has 1 saturated heterocycles. The molecule has 0 bridgehead atoms. The molecule has 1 aliphatic heterocycles. The van der Waals surface area contributed by atoms with Gasteiger partial charge in [-0.05, 0) is 44.7 Å². The first-order chi connectivity index (χ1) is 9.70. The minimum Gasteiger partial charge on any atom is -0.340 e. The Balaban J connectivity index is 1.78. The van der Waals surface area contributed by atoms with E-state index in [1.807, 2.05) is 0 Å². The highest BCUT2D eigenvalue weighted by molar-refractivity contribution is 7.99. The Labute approximate surface area is 126 Å². The maximum Gasteiger partial charge on any atom is 0.223 e. The molecule has 0 aromatic heterocycles. The van der Waals surface area contributed by atoms with Crippen molar-refractivity contribution >= 4 is 17.7 Å². The Bertz CT molecular complexity index is 429. The van der Waals surface area contributed by atoms with Crippen molar-refractivity contribution in [2.75, 3.05) is 12.3 Å². The highest BCUT2D eigenvalue weighted by atomic mass is 32.2. The fourth-order valence-electron chi connectivity index (χ4n) is 2.79. The third-order valence-electron chi connectivity index (χ3n) is 4.02. The predicted molar refractivity (Wildman–Crippen MR) is 86.2 cm³/mol. The van der Waals surface area contributed by atoms with Crippen LogP contribution in [0.25, 0.3) is 0 Å². The average molecular weight is 291 g/mol. The van der Waals surface area contributed by atoms with E-state index in [1.54, 1.807) is 11.8 Å². The van der Waals surface area contributed by atoms with Gasteiger partial charge < -0.3 is 4.90 Å². The minimum absolute atomic E-state index is 0.344. The highest BCUT2D eigenvalue weighted by Gasteiger charge is 2.24. The number of hydrogen-bond acceptors (Lipinski definition) is 2. The Kier molecular flexibility index (Phi) is 5.96. The maximum absolute atomic E-state index is 12.3. The topological polar surface area (TPSA) is 20.3 Å². The number of nitrogens with zero attached hydrogens (tertiary/aromatic N) is 1. The van der Waals surface area contributed by atoms with Gasteiger partial charge in [-0.3, -0.25) is 4.79 Å². The molecule has 0 radical (unpaired) electrons. The summed E-state index contributed by atoms with van der Waals surface area (Å²) in [5.74, 6) is 1.23. The molecule has 1 fully saturated rings. The summed E-state index contributed by atoms with van der Waals surface area (Å²) in [6.45, 7) is 5.25. The monoisotopic (exact) mass is 291 g/mol. The second-order valence-electron chi connectivity index (χ2n) is 5.56. The van der Waals surface area contributed by atoms with E-state index < -0.39 is 0 Å². The number of piperidine rings is 1. The van der Waals surface area contributed by atoms with Crippen molar-refractivity contribution in [2.24, 2.45) is 0 Å². The van der Waals surface area contributed by atoms with Crippen LogP contribution in [-0.4, -0.2) is 29.1 Å². The number of aryl methyl sites for hydroxylation is 1. The van der Waals surface area contributed by atoms with Crippen LogP contribution >= 0.6 is 11.8 Å². The van der Waals surface area contributed by atoms with Gasteiger partial charge in [-0.15, -0.1) is 11.8 Å². The van der Waals surface area contributed by atoms with E-state index in [0.717, 1.165) is 18.7 Å². The average Bonchev–Trinajstić information content (AvgIpc) is 2.49. The van der Waals surface area contributed by atoms with Crippen molar-refractivity contribution in [3.63, 3.8) is 0 Å². The van der Waals surface area contributed by atoms with Gasteiger partial charge in [0.15, 0.2) is 0 Å². The smallest absolute Gasteiger partial charge is 0.223 e. The first kappa shape index (κ1) is 15.4. The second kappa shape index (κ2) is 7.72. The molecular formula is C17H25NOS. The standard InChI is InChI=1S/C17H25NOS/c1-3-15-6-4-5-12-18(15)17(19)11-13-20-16-9-7-14(2)8-10-16/h7-10,15H,3-6,11-13H2,1-2H3/t15-/m1/s1. The molecule has 0 aliphatic carbocycles. The third kappa shape index (κ3) is 4.27. The molecular weight excluding hydrogens is 266 g/mol. The molecule has 1 aromatic rings. The van der Waals surface area contributed by atoms with Crippen LogP contribution in [0.3, 0.4) is 0 Å². The summed E-state index contributed by atoms with van der Waals surface area (Å²) in [4.78, 5) is 15.7. The fraction of sp³-hybridized carbons (Fsp3) is 0.588. The minimum atomic E-state index is 0.344. The summed E-state index contributed by atoms with van der Waals surface area (Å²) in [7, 11) is 0. The molecule has 110 valence electrons. The summed E-state index contributed by atoms with van der Waals surface area (Å²) in [5.41, 5.74) is 1.28. The fourth-order valence-corrected chi connectivity index (χ4v) is 3.63. The number of amides is 1. The maximum atomic E-state index is 12.3. The lowest BCUT2D eigenvalue weighted by atomic mass is 10.00. The molecule has 1 heterocycles. The number of rotatable bonds is 5. The van der Waals surface area contributed by atoms with E-state index in [2.05, 4.69) is 43.0 Å². The summed E-state index contributed by atoms with van der Waals surface area (Å²) in [5, 5.41) is 0. The van der Waals surface area contributed by atoms with Gasteiger partial charge >= 0.3 is 0 Å². The van der Waals surface area contributed by atoms with Crippen LogP contribution in [0, 0.1) is 6.92 Å². The van der Waals surface area contributed by atoms with Crippen LogP contribution < -0.4 is 0 Å². The number of likely N-dealkylation sites (tertiary alicyclic amines) is 1. The summed E-state index contributed by atoms with van der Waals surface area (Å²) in [6, 6.07) is 9.02. The molecule has 0 saturated carbocycles. The van der Waals surface area contributed by atoms with Crippen LogP contribution in [0.2, 0.25) is 0 Å². The van der Waals surface area contributed by atoms with Gasteiger partial charge in [0.1, 0.15) is 0 Å². The number of thioether (sulfide) groups is 1. The molecule has 20 heavy (non-hydrogen) atoms. The number of carbonyl (C=O) groups is 1. The third-order valence-corrected chi connectivity index (χ3v) is 5.04. The first-order valence-corrected chi connectivity index (χ1v) is 8.68. The van der Waals surface area contributed by atoms with E-state index in [-0.39, 0.29) is 0 Å². The van der Waals surface area contributed by atoms with Crippen molar-refractivity contribution in [3.05, 3.63) is 29.8 Å². The van der Waals surface area contributed by atoms with Gasteiger partial charge in [0.05, 0.1) is 0 Å². The molecule has 1 aliphatic rings. The molecule has 1 amide bonds. The Morgan fingerprint density at radius 1 is 1.30 bits per heavy atom. The van der Waals surface area contributed by atoms with Gasteiger partial charge in [-0.1, -0.05) is 24.6 Å². The SMILES string of the molecule is CC[C@@H]1CCCCN1C(=O)CCSc1ccc(C)cc1. The van der Waals surface area contributed by atoms with Gasteiger partial charge in [0, 0.05) is 29.7 Å². The van der Waals surface area contributed by atoms with Crippen molar-refractivity contribution in [3.8, 4) is 0 Å². The van der Waals surface area contributed by atoms with E-state index >= 15 is 0 Å². The van der Waals surface area contributed by atoms with Crippen LogP contribution in [0.1, 0.15) is 44.6 Å². The van der Waals surface area contributed by atoms with Gasteiger partial charge in [-0.25, -0.2) is 0 Å². The Morgan fingerprint density at radius 2 is 2.05 bits per heavy atom. The number of carbonyl (C=O) groups excluding carboxylic acids is 1. The lowest BCUT2D eigenvalue weighted by molar-refractivity contribution is -0.134. The largest absolute Gasteiger partial charge is 0.340 e. The zero-order valence-electron chi connectivity index (χ0n) is 12.6. The number of hydrogen-bond donors (Lipinski definition) is 0. The van der Waals surface area contributed by atoms with Crippen LogP contribution in [0.5, 0.6) is 0 Å². The summed E-state index contributed by atoms with van der Waals surface area (Å²) >= 11 is 1.78.